The summed E-state index contributed by atoms with van der Waals surface area (Å²) in [7, 11) is 2.32. The number of aryl methyl sites for hydroxylation is 1. The van der Waals surface area contributed by atoms with E-state index in [1.165, 1.54) is 13.0 Å². The van der Waals surface area contributed by atoms with Gasteiger partial charge in [0.15, 0.2) is 0 Å². The summed E-state index contributed by atoms with van der Waals surface area (Å²) in [5.74, 6) is 0. The van der Waals surface area contributed by atoms with Crippen LogP contribution in [0.2, 0.25) is 0 Å². The number of aliphatic hydroxyl groups is 1. The van der Waals surface area contributed by atoms with E-state index in [0.29, 0.717) is 0 Å². The maximum absolute atomic E-state index is 9.50. The van der Waals surface area contributed by atoms with Crippen LogP contribution in [0.5, 0.6) is 0 Å². The number of hydrogen-bond acceptors (Lipinski definition) is 1. The molecule has 0 bridgehead atoms. The number of rotatable bonds is 4. The molecule has 4 heteroatoms. The van der Waals surface area contributed by atoms with Crippen LogP contribution in [-0.2, 0) is 6.54 Å². The van der Waals surface area contributed by atoms with Crippen molar-refractivity contribution in [3.8, 4) is 0 Å². The highest BCUT2D eigenvalue weighted by molar-refractivity contribution is 4.89. The van der Waals surface area contributed by atoms with Crippen molar-refractivity contribution in [1.29, 1.82) is 0 Å². The Bertz CT molecular complexity index is 305. The van der Waals surface area contributed by atoms with Crippen molar-refractivity contribution < 1.29 is 26.6 Å². The first-order valence-corrected chi connectivity index (χ1v) is 6.30. The summed E-state index contributed by atoms with van der Waals surface area (Å²) >= 11 is 0. The van der Waals surface area contributed by atoms with Crippen LogP contribution in [0.3, 0.4) is 0 Å². The predicted octanol–water partition coefficient (Wildman–Crippen LogP) is -1.52. The standard InChI is InChI=1S/C13H23N2O.BrH/c1-15(11-5-13(16)6-12-15)10-4-9-14-7-2-3-8-14;/h2-3,7-8,13,16H,4-6,9-12H2,1H3;1H/q+1;/p-1. The molecule has 1 aromatic rings. The van der Waals surface area contributed by atoms with Gasteiger partial charge < -0.3 is 31.1 Å². The molecular formula is C13H23BrN2O. The number of aliphatic hydroxyl groups excluding tert-OH is 1. The van der Waals surface area contributed by atoms with E-state index in [0.717, 1.165) is 37.0 Å². The quantitative estimate of drug-likeness (QED) is 0.672. The van der Waals surface area contributed by atoms with Crippen molar-refractivity contribution in [3.63, 3.8) is 0 Å². The van der Waals surface area contributed by atoms with E-state index in [1.54, 1.807) is 0 Å². The second-order valence-corrected chi connectivity index (χ2v) is 5.30. The fraction of sp³-hybridized carbons (Fsp3) is 0.692. The minimum atomic E-state index is -0.0457. The van der Waals surface area contributed by atoms with E-state index < -0.39 is 0 Å². The molecule has 0 spiro atoms. The Balaban J connectivity index is 0.00000144. The third-order valence-corrected chi connectivity index (χ3v) is 3.78. The number of halogens is 1. The van der Waals surface area contributed by atoms with Gasteiger partial charge in [-0.1, -0.05) is 0 Å². The monoisotopic (exact) mass is 302 g/mol. The van der Waals surface area contributed by atoms with Gasteiger partial charge in [0, 0.05) is 38.2 Å². The molecule has 0 radical (unpaired) electrons. The van der Waals surface area contributed by atoms with E-state index in [9.17, 15) is 5.11 Å². The number of quaternary nitrogens is 1. The van der Waals surface area contributed by atoms with Gasteiger partial charge in [0.25, 0.3) is 0 Å². The zero-order chi connectivity index (χ0) is 11.4. The summed E-state index contributed by atoms with van der Waals surface area (Å²) in [6.07, 6.45) is 7.37. The fourth-order valence-electron chi connectivity index (χ4n) is 2.56. The van der Waals surface area contributed by atoms with Crippen molar-refractivity contribution in [2.24, 2.45) is 0 Å². The zero-order valence-corrected chi connectivity index (χ0v) is 12.1. The summed E-state index contributed by atoms with van der Waals surface area (Å²) in [4.78, 5) is 0. The van der Waals surface area contributed by atoms with Crippen LogP contribution in [0.25, 0.3) is 0 Å². The van der Waals surface area contributed by atoms with Gasteiger partial charge in [-0.3, -0.25) is 0 Å². The third kappa shape index (κ3) is 4.45. The highest BCUT2D eigenvalue weighted by Crippen LogP contribution is 2.17. The molecule has 0 aliphatic carbocycles. The summed E-state index contributed by atoms with van der Waals surface area (Å²) < 4.78 is 3.38. The molecule has 0 saturated carbocycles. The molecule has 1 aliphatic rings. The van der Waals surface area contributed by atoms with Gasteiger partial charge in [-0.05, 0) is 12.1 Å². The fourth-order valence-corrected chi connectivity index (χ4v) is 2.56. The first-order valence-electron chi connectivity index (χ1n) is 6.30. The van der Waals surface area contributed by atoms with Gasteiger partial charge >= 0.3 is 0 Å². The molecule has 1 N–H and O–H groups in total. The van der Waals surface area contributed by atoms with Crippen LogP contribution in [0.1, 0.15) is 19.3 Å². The molecule has 98 valence electrons. The van der Waals surface area contributed by atoms with Crippen LogP contribution >= 0.6 is 0 Å². The molecule has 3 nitrogen and oxygen atoms in total. The van der Waals surface area contributed by atoms with E-state index in [-0.39, 0.29) is 23.1 Å². The maximum Gasteiger partial charge on any atom is 0.0809 e. The van der Waals surface area contributed by atoms with Gasteiger partial charge in [0.2, 0.25) is 0 Å². The van der Waals surface area contributed by atoms with Gasteiger partial charge in [0.05, 0.1) is 32.8 Å². The number of piperidine rings is 1. The molecule has 1 aromatic heterocycles. The molecule has 1 fully saturated rings. The first-order chi connectivity index (χ1) is 7.68. The second-order valence-electron chi connectivity index (χ2n) is 5.30. The minimum absolute atomic E-state index is 0. The van der Waals surface area contributed by atoms with E-state index >= 15 is 0 Å². The number of nitrogens with zero attached hydrogens (tertiary/aromatic N) is 2. The van der Waals surface area contributed by atoms with Gasteiger partial charge in [-0.2, -0.15) is 0 Å². The molecule has 2 rings (SSSR count). The van der Waals surface area contributed by atoms with Crippen LogP contribution in [0, 0.1) is 0 Å². The number of hydrogen-bond donors (Lipinski definition) is 1. The Hall–Kier alpha value is -0.320. The van der Waals surface area contributed by atoms with Crippen LogP contribution in [-0.4, -0.2) is 46.9 Å². The van der Waals surface area contributed by atoms with Gasteiger partial charge in [-0.15, -0.1) is 0 Å². The summed E-state index contributed by atoms with van der Waals surface area (Å²) in [6.45, 7) is 4.61. The first kappa shape index (κ1) is 14.7. The van der Waals surface area contributed by atoms with Gasteiger partial charge in [-0.25, -0.2) is 0 Å². The SMILES string of the molecule is C[N+]1(CCCn2cccc2)CCC(O)CC1.[Br-]. The summed E-state index contributed by atoms with van der Waals surface area (Å²) in [6, 6.07) is 4.15. The van der Waals surface area contributed by atoms with Crippen molar-refractivity contribution in [3.05, 3.63) is 24.5 Å². The van der Waals surface area contributed by atoms with Crippen molar-refractivity contribution in [1.82, 2.24) is 4.57 Å². The Morgan fingerprint density at radius 1 is 1.24 bits per heavy atom. The molecule has 1 aliphatic heterocycles. The van der Waals surface area contributed by atoms with E-state index in [2.05, 4.69) is 36.1 Å². The normalized spacial score (nSPS) is 28.7. The summed E-state index contributed by atoms with van der Waals surface area (Å²) in [5, 5.41) is 9.50. The molecule has 0 unspecified atom stereocenters. The smallest absolute Gasteiger partial charge is 0.0809 e. The molecule has 17 heavy (non-hydrogen) atoms. The largest absolute Gasteiger partial charge is 1.00 e. The Kier molecular flexibility index (Phi) is 5.70. The molecule has 2 heterocycles. The zero-order valence-electron chi connectivity index (χ0n) is 10.6. The van der Waals surface area contributed by atoms with E-state index in [1.807, 2.05) is 0 Å². The lowest BCUT2D eigenvalue weighted by atomic mass is 10.1. The molecular weight excluding hydrogens is 280 g/mol. The number of aromatic nitrogens is 1. The topological polar surface area (TPSA) is 25.2 Å². The lowest BCUT2D eigenvalue weighted by Gasteiger charge is -2.39. The van der Waals surface area contributed by atoms with Crippen molar-refractivity contribution in [2.45, 2.75) is 31.9 Å². The second kappa shape index (κ2) is 6.57. The van der Waals surface area contributed by atoms with E-state index in [4.69, 9.17) is 0 Å². The predicted molar refractivity (Wildman–Crippen MR) is 65.1 cm³/mol. The van der Waals surface area contributed by atoms with Crippen LogP contribution < -0.4 is 17.0 Å². The van der Waals surface area contributed by atoms with Crippen LogP contribution in [0.4, 0.5) is 0 Å². The molecule has 0 amide bonds. The van der Waals surface area contributed by atoms with Crippen molar-refractivity contribution in [2.75, 3.05) is 26.7 Å². The van der Waals surface area contributed by atoms with Gasteiger partial charge in [0.1, 0.15) is 0 Å². The lowest BCUT2D eigenvalue weighted by Crippen LogP contribution is -3.00. The number of likely N-dealkylation sites (tertiary alicyclic amines) is 1. The highest BCUT2D eigenvalue weighted by Gasteiger charge is 2.28. The Morgan fingerprint density at radius 2 is 1.82 bits per heavy atom. The molecule has 1 saturated heterocycles. The maximum atomic E-state index is 9.50. The summed E-state index contributed by atoms with van der Waals surface area (Å²) in [5.41, 5.74) is 0. The van der Waals surface area contributed by atoms with Crippen LogP contribution in [0.15, 0.2) is 24.5 Å². The average Bonchev–Trinajstić information content (AvgIpc) is 2.76. The van der Waals surface area contributed by atoms with Crippen molar-refractivity contribution >= 4 is 0 Å². The Labute approximate surface area is 114 Å². The average molecular weight is 303 g/mol. The molecule has 0 aromatic carbocycles. The minimum Gasteiger partial charge on any atom is -1.00 e. The molecule has 0 atom stereocenters. The lowest BCUT2D eigenvalue weighted by molar-refractivity contribution is -0.915. The third-order valence-electron chi connectivity index (χ3n) is 3.78. The Morgan fingerprint density at radius 3 is 2.41 bits per heavy atom. The highest BCUT2D eigenvalue weighted by atomic mass is 79.9.